The first kappa shape index (κ1) is 64.1. The first-order valence-corrected chi connectivity index (χ1v) is 21.6. The van der Waals surface area contributed by atoms with Crippen molar-refractivity contribution >= 4 is 89.6 Å². The van der Waals surface area contributed by atoms with E-state index in [-0.39, 0.29) is 279 Å². The van der Waals surface area contributed by atoms with Crippen molar-refractivity contribution in [3.63, 3.8) is 0 Å². The van der Waals surface area contributed by atoms with Gasteiger partial charge in [-0.3, -0.25) is 5.21 Å². The number of rotatable bonds is 23. The van der Waals surface area contributed by atoms with E-state index in [1.807, 2.05) is 0 Å². The zero-order chi connectivity index (χ0) is 43.4. The van der Waals surface area contributed by atoms with Gasteiger partial charge in [0, 0.05) is 31.9 Å². The summed E-state index contributed by atoms with van der Waals surface area (Å²) in [4.78, 5) is 23.8. The number of aliphatic hydroxyl groups is 3. The maximum atomic E-state index is 12.3. The average Bonchev–Trinajstić information content (AvgIpc) is 3.15. The third kappa shape index (κ3) is 24.5. The van der Waals surface area contributed by atoms with Crippen molar-refractivity contribution in [2.45, 2.75) is 17.9 Å². The summed E-state index contributed by atoms with van der Waals surface area (Å²) in [7, 11) is -14.2. The molecule has 4 aromatic rings. The maximum absolute atomic E-state index is 12.3. The van der Waals surface area contributed by atoms with E-state index >= 15 is 0 Å². The third-order valence-electron chi connectivity index (χ3n) is 7.34. The minimum atomic E-state index is -5.08. The molecule has 2 heterocycles. The van der Waals surface area contributed by atoms with E-state index in [1.54, 1.807) is 19.1 Å². The van der Waals surface area contributed by atoms with Crippen LogP contribution in [0.25, 0.3) is 12.2 Å². The normalized spacial score (nSPS) is 12.3. The first-order chi connectivity index (χ1) is 27.7. The number of hydrogen-bond donors (Lipinski definition) is 9. The van der Waals surface area contributed by atoms with Crippen LogP contribution in [0.3, 0.4) is 0 Å². The largest absolute Gasteiger partial charge is 1.00 e. The maximum Gasteiger partial charge on any atom is 1.00 e. The summed E-state index contributed by atoms with van der Waals surface area (Å²) in [5.74, 6) is -3.15. The number of aromatic nitrogens is 6. The van der Waals surface area contributed by atoms with E-state index in [0.29, 0.717) is 16.3 Å². The van der Waals surface area contributed by atoms with Gasteiger partial charge < -0.3 is 55.6 Å². The SMILES string of the molecule is CC(CO)CN(O)c1nc(NCCS(=O)(=O)[O-])nc(Nc2ccc(C=Cc3[c-]cc(Nc4nc(NCCS(=O)(=O)[O-])nc(NCC(O)CO)n4)cc3)c(S(=O)(=O)[O-])c2)n1.[K+].[K+].[K+].[K+]. The molecule has 0 bridgehead atoms. The fraction of sp³-hybridized carbons (Fsp3) is 0.355. The zero-order valence-corrected chi connectivity index (χ0v) is 49.7. The summed E-state index contributed by atoms with van der Waals surface area (Å²) in [6, 6.07) is 11.3. The molecule has 0 aliphatic carbocycles. The van der Waals surface area contributed by atoms with E-state index in [1.165, 1.54) is 30.4 Å². The van der Waals surface area contributed by atoms with Crippen LogP contribution in [0.15, 0.2) is 41.3 Å². The quantitative estimate of drug-likeness (QED) is 0.0109. The first-order valence-electron chi connectivity index (χ1n) is 17.0. The molecule has 25 nitrogen and oxygen atoms in total. The monoisotopic (exact) mass is 1040 g/mol. The molecule has 4 rings (SSSR count). The Kier molecular flexibility index (Phi) is 31.2. The molecule has 2 unspecified atom stereocenters. The van der Waals surface area contributed by atoms with Crippen LogP contribution in [-0.2, 0) is 30.4 Å². The number of benzene rings is 2. The Labute approximate surface area is 533 Å². The smallest absolute Gasteiger partial charge is 0.748 e. The molecule has 0 aliphatic heterocycles. The zero-order valence-electron chi connectivity index (χ0n) is 34.7. The van der Waals surface area contributed by atoms with Crippen molar-refractivity contribution in [1.82, 2.24) is 29.9 Å². The van der Waals surface area contributed by atoms with Gasteiger partial charge >= 0.3 is 206 Å². The van der Waals surface area contributed by atoms with Gasteiger partial charge in [-0.2, -0.15) is 35.5 Å². The third-order valence-corrected chi connectivity index (χ3v) is 9.64. The second-order valence-corrected chi connectivity index (χ2v) is 16.8. The molecule has 0 saturated carbocycles. The molecule has 0 spiro atoms. The van der Waals surface area contributed by atoms with Crippen molar-refractivity contribution in [3.8, 4) is 0 Å². The van der Waals surface area contributed by atoms with Gasteiger partial charge in [0.15, 0.2) is 0 Å². The van der Waals surface area contributed by atoms with E-state index in [0.717, 1.165) is 6.07 Å². The van der Waals surface area contributed by atoms with Crippen LogP contribution in [0, 0.1) is 12.0 Å². The van der Waals surface area contributed by atoms with Crippen LogP contribution < -0.4 is 237 Å². The van der Waals surface area contributed by atoms with Gasteiger partial charge in [0.1, 0.15) is 10.1 Å². The van der Waals surface area contributed by atoms with Crippen LogP contribution in [0.1, 0.15) is 18.1 Å². The summed E-state index contributed by atoms with van der Waals surface area (Å²) in [6.45, 7) is -0.213. The summed E-state index contributed by atoms with van der Waals surface area (Å²) < 4.78 is 103. The molecule has 0 aliphatic rings. The molecular weight excluding hydrogens is 1000 g/mol. The fourth-order valence-corrected chi connectivity index (χ4v) is 5.91. The van der Waals surface area contributed by atoms with Crippen LogP contribution in [0.5, 0.6) is 0 Å². The Bertz CT molecular complexity index is 2430. The van der Waals surface area contributed by atoms with Crippen molar-refractivity contribution in [1.29, 1.82) is 0 Å². The Morgan fingerprint density at radius 3 is 1.75 bits per heavy atom. The molecule has 63 heavy (non-hydrogen) atoms. The van der Waals surface area contributed by atoms with Crippen LogP contribution in [0.2, 0.25) is 0 Å². The molecule has 2 atom stereocenters. The molecule has 0 saturated heterocycles. The van der Waals surface area contributed by atoms with Gasteiger partial charge in [-0.15, -0.1) is 30.3 Å². The van der Waals surface area contributed by atoms with Crippen LogP contribution in [0.4, 0.5) is 47.1 Å². The molecule has 0 radical (unpaired) electrons. The molecule has 9 N–H and O–H groups in total. The summed E-state index contributed by atoms with van der Waals surface area (Å²) in [5, 5.41) is 52.6. The second-order valence-electron chi connectivity index (χ2n) is 12.4. The molecular formula is C31H38K4N12O13S3. The number of hydroxylamine groups is 1. The van der Waals surface area contributed by atoms with Gasteiger partial charge in [-0.25, -0.2) is 30.3 Å². The Morgan fingerprint density at radius 1 is 0.714 bits per heavy atom. The van der Waals surface area contributed by atoms with Crippen molar-refractivity contribution in [2.24, 2.45) is 5.92 Å². The van der Waals surface area contributed by atoms with Crippen LogP contribution >= 0.6 is 0 Å². The number of aliphatic hydroxyl groups excluding tert-OH is 3. The Hall–Kier alpha value is 1.12. The second kappa shape index (κ2) is 30.7. The molecule has 32 heteroatoms. The number of hydrogen-bond acceptors (Lipinski definition) is 25. The summed E-state index contributed by atoms with van der Waals surface area (Å²) in [5.41, 5.74) is 0.811. The molecule has 2 aromatic heterocycles. The standard InChI is InChI=1S/C31H41N12O13S3.4K/c1-19(17-44)16-43(47)31-41-27(33-11-13-58(51,52)53)39-30(42-31)36-23-9-6-21(25(14-23)59(54,55)56)5-2-20-3-7-22(8-4-20)35-29-38-26(32-10-12-57(48,49)50)37-28(40-29)34-15-24(46)18-45;;;;/h2-3,5-9,14,19,24,44-47H,10-13,15-18H2,1H3,(H,48,49,50)(H,51,52,53)(H,54,55,56)(H2,33,36,39,41,42)(H3,32,34,35,37,38,40);;;;/q-1;4*+1/p-3. The molecule has 322 valence electrons. The molecule has 0 fully saturated rings. The Balaban J connectivity index is 0.00000961. The van der Waals surface area contributed by atoms with Crippen molar-refractivity contribution < 1.29 is 265 Å². The van der Waals surface area contributed by atoms with Gasteiger partial charge in [-0.1, -0.05) is 19.1 Å². The van der Waals surface area contributed by atoms with Crippen LogP contribution in [-0.4, -0.2) is 146 Å². The fourth-order valence-electron chi connectivity index (χ4n) is 4.51. The molecule has 2 aromatic carbocycles. The number of nitrogens with zero attached hydrogens (tertiary/aromatic N) is 7. The summed E-state index contributed by atoms with van der Waals surface area (Å²) in [6.07, 6.45) is 1.66. The predicted molar refractivity (Wildman–Crippen MR) is 208 cm³/mol. The number of nitrogens with one attached hydrogen (secondary N) is 5. The summed E-state index contributed by atoms with van der Waals surface area (Å²) >= 11 is 0. The van der Waals surface area contributed by atoms with Gasteiger partial charge in [0.25, 0.3) is 5.95 Å². The van der Waals surface area contributed by atoms with Gasteiger partial charge in [0.05, 0.1) is 55.9 Å². The van der Waals surface area contributed by atoms with E-state index < -0.39 is 71.9 Å². The minimum absolute atomic E-state index is 0. The van der Waals surface area contributed by atoms with Crippen molar-refractivity contribution in [2.75, 3.05) is 82.5 Å². The number of anilines is 8. The predicted octanol–water partition coefficient (Wildman–Crippen LogP) is -13.1. The van der Waals surface area contributed by atoms with Gasteiger partial charge in [0.2, 0.25) is 29.7 Å². The van der Waals surface area contributed by atoms with E-state index in [2.05, 4.69) is 62.6 Å². The van der Waals surface area contributed by atoms with Crippen molar-refractivity contribution in [3.05, 3.63) is 53.6 Å². The molecule has 0 amide bonds. The minimum Gasteiger partial charge on any atom is -0.748 e. The topological polar surface area (TPSA) is 393 Å². The van der Waals surface area contributed by atoms with E-state index in [9.17, 15) is 54.3 Å². The Morgan fingerprint density at radius 2 is 1.22 bits per heavy atom. The van der Waals surface area contributed by atoms with E-state index in [4.69, 9.17) is 5.11 Å². The van der Waals surface area contributed by atoms with Gasteiger partial charge in [-0.05, 0) is 29.3 Å². The average molecular weight is 1040 g/mol.